The van der Waals surface area contributed by atoms with Crippen LogP contribution >= 0.6 is 27.7 Å². The first kappa shape index (κ1) is 18.1. The Morgan fingerprint density at radius 1 is 0.962 bits per heavy atom. The van der Waals surface area contributed by atoms with Crippen molar-refractivity contribution in [2.45, 2.75) is 9.92 Å². The second kappa shape index (κ2) is 8.59. The van der Waals surface area contributed by atoms with Crippen LogP contribution in [0.3, 0.4) is 0 Å². The molecule has 3 rings (SSSR count). The first-order valence-electron chi connectivity index (χ1n) is 7.53. The van der Waals surface area contributed by atoms with E-state index in [0.717, 1.165) is 9.37 Å². The SMILES string of the molecule is O=C(NNC(=O)c1cccc(Sc2cccc(Br)c2)n1)c1cccnc1. The van der Waals surface area contributed by atoms with Crippen molar-refractivity contribution in [3.05, 3.63) is 82.7 Å². The van der Waals surface area contributed by atoms with Crippen molar-refractivity contribution >= 4 is 39.5 Å². The maximum absolute atomic E-state index is 12.2. The zero-order valence-electron chi connectivity index (χ0n) is 13.3. The predicted octanol–water partition coefficient (Wildman–Crippen LogP) is 3.47. The minimum Gasteiger partial charge on any atom is -0.267 e. The molecule has 3 aromatic rings. The Kier molecular flexibility index (Phi) is 5.98. The number of carbonyl (C=O) groups excluding carboxylic acids is 2. The second-order valence-electron chi connectivity index (χ2n) is 5.07. The van der Waals surface area contributed by atoms with Crippen molar-refractivity contribution < 1.29 is 9.59 Å². The Morgan fingerprint density at radius 3 is 2.54 bits per heavy atom. The fourth-order valence-electron chi connectivity index (χ4n) is 2.00. The third-order valence-electron chi connectivity index (χ3n) is 3.19. The van der Waals surface area contributed by atoms with Crippen molar-refractivity contribution in [3.63, 3.8) is 0 Å². The number of halogens is 1. The topological polar surface area (TPSA) is 84.0 Å². The summed E-state index contributed by atoms with van der Waals surface area (Å²) in [5, 5.41) is 0.675. The third kappa shape index (κ3) is 4.90. The molecular formula is C18H13BrN4O2S. The predicted molar refractivity (Wildman–Crippen MR) is 102 cm³/mol. The van der Waals surface area contributed by atoms with Crippen LogP contribution in [0.4, 0.5) is 0 Å². The van der Waals surface area contributed by atoms with Crippen LogP contribution in [0, 0.1) is 0 Å². The van der Waals surface area contributed by atoms with Gasteiger partial charge in [-0.15, -0.1) is 0 Å². The molecule has 6 nitrogen and oxygen atoms in total. The normalized spacial score (nSPS) is 10.2. The van der Waals surface area contributed by atoms with Gasteiger partial charge in [0, 0.05) is 21.8 Å². The highest BCUT2D eigenvalue weighted by atomic mass is 79.9. The van der Waals surface area contributed by atoms with E-state index in [1.165, 1.54) is 18.0 Å². The summed E-state index contributed by atoms with van der Waals surface area (Å²) in [5.41, 5.74) is 5.25. The standard InChI is InChI=1S/C18H13BrN4O2S/c19-13-5-1-6-14(10-13)26-16-8-2-7-15(21-16)18(25)23-22-17(24)12-4-3-9-20-11-12/h1-11H,(H,22,24)(H,23,25). The van der Waals surface area contributed by atoms with Gasteiger partial charge in [-0.2, -0.15) is 0 Å². The van der Waals surface area contributed by atoms with Gasteiger partial charge in [-0.25, -0.2) is 4.98 Å². The molecule has 0 atom stereocenters. The second-order valence-corrected chi connectivity index (χ2v) is 7.08. The first-order valence-corrected chi connectivity index (χ1v) is 9.14. The van der Waals surface area contributed by atoms with E-state index in [1.807, 2.05) is 30.3 Å². The number of pyridine rings is 2. The number of nitrogens with one attached hydrogen (secondary N) is 2. The number of nitrogens with zero attached hydrogens (tertiary/aromatic N) is 2. The van der Waals surface area contributed by atoms with Crippen LogP contribution in [0.2, 0.25) is 0 Å². The van der Waals surface area contributed by atoms with Gasteiger partial charge in [0.25, 0.3) is 11.8 Å². The Bertz CT molecular complexity index is 937. The summed E-state index contributed by atoms with van der Waals surface area (Å²) in [4.78, 5) is 33.3. The van der Waals surface area contributed by atoms with Crippen LogP contribution in [-0.2, 0) is 0 Å². The lowest BCUT2D eigenvalue weighted by molar-refractivity contribution is 0.0843. The lowest BCUT2D eigenvalue weighted by atomic mass is 10.3. The number of benzene rings is 1. The van der Waals surface area contributed by atoms with E-state index in [2.05, 4.69) is 36.7 Å². The van der Waals surface area contributed by atoms with Crippen LogP contribution in [-0.4, -0.2) is 21.8 Å². The Hall–Kier alpha value is -2.71. The number of hydrogen-bond acceptors (Lipinski definition) is 5. The number of rotatable bonds is 4. The summed E-state index contributed by atoms with van der Waals surface area (Å²) >= 11 is 4.86. The summed E-state index contributed by atoms with van der Waals surface area (Å²) in [6, 6.07) is 16.2. The van der Waals surface area contributed by atoms with Crippen LogP contribution in [0.1, 0.15) is 20.8 Å². The molecule has 0 saturated carbocycles. The number of carbonyl (C=O) groups is 2. The molecule has 0 bridgehead atoms. The molecule has 0 spiro atoms. The fraction of sp³-hybridized carbons (Fsp3) is 0. The minimum absolute atomic E-state index is 0.205. The van der Waals surface area contributed by atoms with Crippen molar-refractivity contribution in [2.24, 2.45) is 0 Å². The highest BCUT2D eigenvalue weighted by molar-refractivity contribution is 9.10. The van der Waals surface area contributed by atoms with E-state index in [1.54, 1.807) is 30.5 Å². The summed E-state index contributed by atoms with van der Waals surface area (Å²) in [6.07, 6.45) is 2.97. The van der Waals surface area contributed by atoms with Gasteiger partial charge in [-0.05, 0) is 42.5 Å². The average Bonchev–Trinajstić information content (AvgIpc) is 2.67. The highest BCUT2D eigenvalue weighted by Crippen LogP contribution is 2.28. The minimum atomic E-state index is -0.501. The van der Waals surface area contributed by atoms with Gasteiger partial charge in [0.05, 0.1) is 5.56 Å². The third-order valence-corrected chi connectivity index (χ3v) is 4.61. The van der Waals surface area contributed by atoms with E-state index < -0.39 is 11.8 Å². The molecule has 0 radical (unpaired) electrons. The monoisotopic (exact) mass is 428 g/mol. The molecule has 130 valence electrons. The van der Waals surface area contributed by atoms with Gasteiger partial charge in [0.2, 0.25) is 0 Å². The van der Waals surface area contributed by atoms with E-state index in [4.69, 9.17) is 0 Å². The van der Waals surface area contributed by atoms with E-state index in [0.29, 0.717) is 10.6 Å². The lowest BCUT2D eigenvalue weighted by Gasteiger charge is -2.08. The Balaban J connectivity index is 1.64. The first-order chi connectivity index (χ1) is 12.6. The summed E-state index contributed by atoms with van der Waals surface area (Å²) < 4.78 is 0.967. The van der Waals surface area contributed by atoms with Gasteiger partial charge in [0.1, 0.15) is 10.7 Å². The molecule has 0 unspecified atom stereocenters. The fourth-order valence-corrected chi connectivity index (χ4v) is 3.41. The maximum atomic E-state index is 12.2. The van der Waals surface area contributed by atoms with Gasteiger partial charge in [0.15, 0.2) is 0 Å². The quantitative estimate of drug-likeness (QED) is 0.621. The molecule has 2 amide bonds. The molecule has 0 aliphatic heterocycles. The Labute approximate surface area is 162 Å². The van der Waals surface area contributed by atoms with Crippen LogP contribution < -0.4 is 10.9 Å². The molecule has 0 fully saturated rings. The van der Waals surface area contributed by atoms with Crippen molar-refractivity contribution in [2.75, 3.05) is 0 Å². The highest BCUT2D eigenvalue weighted by Gasteiger charge is 2.11. The maximum Gasteiger partial charge on any atom is 0.288 e. The van der Waals surface area contributed by atoms with Gasteiger partial charge >= 0.3 is 0 Å². The number of aromatic nitrogens is 2. The van der Waals surface area contributed by atoms with Crippen LogP contribution in [0.25, 0.3) is 0 Å². The van der Waals surface area contributed by atoms with Crippen LogP contribution in [0.15, 0.2) is 81.4 Å². The molecular weight excluding hydrogens is 416 g/mol. The largest absolute Gasteiger partial charge is 0.288 e. The van der Waals surface area contributed by atoms with Gasteiger partial charge in [-0.3, -0.25) is 25.4 Å². The summed E-state index contributed by atoms with van der Waals surface area (Å²) in [5.74, 6) is -0.954. The molecule has 0 aliphatic carbocycles. The molecule has 0 aliphatic rings. The number of hydrogen-bond donors (Lipinski definition) is 2. The molecule has 0 saturated heterocycles. The molecule has 1 aromatic carbocycles. The zero-order chi connectivity index (χ0) is 18.4. The van der Waals surface area contributed by atoms with Gasteiger partial charge in [-0.1, -0.05) is 39.8 Å². The number of amides is 2. The lowest BCUT2D eigenvalue weighted by Crippen LogP contribution is -2.42. The molecule has 26 heavy (non-hydrogen) atoms. The van der Waals surface area contributed by atoms with E-state index in [-0.39, 0.29) is 5.69 Å². The van der Waals surface area contributed by atoms with Crippen molar-refractivity contribution in [3.8, 4) is 0 Å². The zero-order valence-corrected chi connectivity index (χ0v) is 15.8. The van der Waals surface area contributed by atoms with Crippen LogP contribution in [0.5, 0.6) is 0 Å². The van der Waals surface area contributed by atoms with Crippen molar-refractivity contribution in [1.29, 1.82) is 0 Å². The summed E-state index contributed by atoms with van der Waals surface area (Å²) in [7, 11) is 0. The van der Waals surface area contributed by atoms with Crippen molar-refractivity contribution in [1.82, 2.24) is 20.8 Å². The number of hydrazine groups is 1. The molecule has 8 heteroatoms. The van der Waals surface area contributed by atoms with E-state index >= 15 is 0 Å². The Morgan fingerprint density at radius 2 is 1.77 bits per heavy atom. The molecule has 2 heterocycles. The molecule has 2 N–H and O–H groups in total. The van der Waals surface area contributed by atoms with E-state index in [9.17, 15) is 9.59 Å². The summed E-state index contributed by atoms with van der Waals surface area (Å²) in [6.45, 7) is 0. The average molecular weight is 429 g/mol. The smallest absolute Gasteiger partial charge is 0.267 e. The van der Waals surface area contributed by atoms with Gasteiger partial charge < -0.3 is 0 Å². The molecule has 2 aromatic heterocycles.